The van der Waals surface area contributed by atoms with Crippen LogP contribution < -0.4 is 10.6 Å². The molecule has 1 fully saturated rings. The summed E-state index contributed by atoms with van der Waals surface area (Å²) in [6.07, 6.45) is 3.49. The SMILES string of the molecule is CN1CCCC[C@H]1CNC(=O)Nc1cc(F)cc(Cl)c1. The highest BCUT2D eigenvalue weighted by Crippen LogP contribution is 2.18. The van der Waals surface area contributed by atoms with Crippen molar-refractivity contribution in [3.05, 3.63) is 29.0 Å². The molecule has 1 atom stereocenters. The molecule has 2 amide bonds. The Labute approximate surface area is 123 Å². The number of piperidine rings is 1. The van der Waals surface area contributed by atoms with E-state index >= 15 is 0 Å². The Kier molecular flexibility index (Phi) is 5.20. The van der Waals surface area contributed by atoms with Crippen LogP contribution in [-0.4, -0.2) is 37.1 Å². The number of halogens is 2. The van der Waals surface area contributed by atoms with Gasteiger partial charge in [-0.3, -0.25) is 0 Å². The number of likely N-dealkylation sites (N-methyl/N-ethyl adjacent to an activating group) is 1. The Morgan fingerprint density at radius 3 is 2.95 bits per heavy atom. The van der Waals surface area contributed by atoms with Crippen LogP contribution in [0.4, 0.5) is 14.9 Å². The van der Waals surface area contributed by atoms with Gasteiger partial charge in [-0.2, -0.15) is 0 Å². The van der Waals surface area contributed by atoms with Gasteiger partial charge < -0.3 is 15.5 Å². The van der Waals surface area contributed by atoms with Crippen molar-refractivity contribution in [2.24, 2.45) is 0 Å². The fourth-order valence-corrected chi connectivity index (χ4v) is 2.64. The summed E-state index contributed by atoms with van der Waals surface area (Å²) in [5.41, 5.74) is 0.351. The molecule has 1 aliphatic heterocycles. The second kappa shape index (κ2) is 6.90. The van der Waals surface area contributed by atoms with Crippen LogP contribution in [0.1, 0.15) is 19.3 Å². The molecule has 1 saturated heterocycles. The zero-order chi connectivity index (χ0) is 14.5. The largest absolute Gasteiger partial charge is 0.336 e. The van der Waals surface area contributed by atoms with E-state index in [-0.39, 0.29) is 11.1 Å². The summed E-state index contributed by atoms with van der Waals surface area (Å²) in [7, 11) is 2.07. The van der Waals surface area contributed by atoms with Crippen molar-refractivity contribution in [3.63, 3.8) is 0 Å². The van der Waals surface area contributed by atoms with Gasteiger partial charge in [-0.1, -0.05) is 18.0 Å². The number of carbonyl (C=O) groups excluding carboxylic acids is 1. The number of anilines is 1. The number of amides is 2. The molecule has 20 heavy (non-hydrogen) atoms. The number of nitrogens with one attached hydrogen (secondary N) is 2. The third-order valence-electron chi connectivity index (χ3n) is 3.54. The third-order valence-corrected chi connectivity index (χ3v) is 3.76. The molecule has 0 spiro atoms. The van der Waals surface area contributed by atoms with Crippen molar-refractivity contribution in [3.8, 4) is 0 Å². The molecule has 110 valence electrons. The van der Waals surface area contributed by atoms with Crippen molar-refractivity contribution in [1.29, 1.82) is 0 Å². The average molecular weight is 300 g/mol. The average Bonchev–Trinajstić information content (AvgIpc) is 2.36. The number of hydrogen-bond donors (Lipinski definition) is 2. The molecule has 0 radical (unpaired) electrons. The maximum Gasteiger partial charge on any atom is 0.319 e. The third kappa shape index (κ3) is 4.35. The van der Waals surface area contributed by atoms with Gasteiger partial charge in [0.15, 0.2) is 0 Å². The van der Waals surface area contributed by atoms with Gasteiger partial charge in [0.2, 0.25) is 0 Å². The first-order chi connectivity index (χ1) is 9.54. The van der Waals surface area contributed by atoms with Crippen molar-refractivity contribution < 1.29 is 9.18 Å². The summed E-state index contributed by atoms with van der Waals surface area (Å²) in [4.78, 5) is 14.0. The smallest absolute Gasteiger partial charge is 0.319 e. The summed E-state index contributed by atoms with van der Waals surface area (Å²) in [5, 5.41) is 5.65. The quantitative estimate of drug-likeness (QED) is 0.901. The van der Waals surface area contributed by atoms with E-state index < -0.39 is 5.82 Å². The molecule has 1 aromatic carbocycles. The van der Waals surface area contributed by atoms with Crippen LogP contribution in [0.5, 0.6) is 0 Å². The van der Waals surface area contributed by atoms with Crippen LogP contribution in [0.3, 0.4) is 0 Å². The summed E-state index contributed by atoms with van der Waals surface area (Å²) in [6.45, 7) is 1.65. The standard InChI is InChI=1S/C14H19ClFN3O/c1-19-5-3-2-4-13(19)9-17-14(20)18-12-7-10(15)6-11(16)8-12/h6-8,13H,2-5,9H2,1H3,(H2,17,18,20)/t13-/m0/s1. The molecule has 2 N–H and O–H groups in total. The Morgan fingerprint density at radius 2 is 2.25 bits per heavy atom. The molecular weight excluding hydrogens is 281 g/mol. The first-order valence-corrected chi connectivity index (χ1v) is 7.13. The van der Waals surface area contributed by atoms with Crippen LogP contribution in [0.25, 0.3) is 0 Å². The van der Waals surface area contributed by atoms with Crippen molar-refractivity contribution in [1.82, 2.24) is 10.2 Å². The van der Waals surface area contributed by atoms with E-state index in [1.807, 2.05) is 0 Å². The number of carbonyl (C=O) groups is 1. The predicted molar refractivity (Wildman–Crippen MR) is 78.7 cm³/mol. The minimum absolute atomic E-state index is 0.257. The van der Waals surface area contributed by atoms with E-state index in [1.165, 1.54) is 31.0 Å². The topological polar surface area (TPSA) is 44.4 Å². The highest BCUT2D eigenvalue weighted by Gasteiger charge is 2.19. The molecule has 0 saturated carbocycles. The van der Waals surface area contributed by atoms with E-state index in [1.54, 1.807) is 0 Å². The number of hydrogen-bond acceptors (Lipinski definition) is 2. The maximum atomic E-state index is 13.1. The molecule has 1 aliphatic rings. The van der Waals surface area contributed by atoms with Gasteiger partial charge in [0, 0.05) is 23.3 Å². The van der Waals surface area contributed by atoms with Gasteiger partial charge in [0.05, 0.1) is 0 Å². The summed E-state index contributed by atoms with van der Waals surface area (Å²) in [5.74, 6) is -0.472. The molecule has 2 rings (SSSR count). The Balaban J connectivity index is 1.83. The number of benzene rings is 1. The minimum Gasteiger partial charge on any atom is -0.336 e. The number of rotatable bonds is 3. The fourth-order valence-electron chi connectivity index (χ4n) is 2.41. The molecular formula is C14H19ClFN3O. The first-order valence-electron chi connectivity index (χ1n) is 6.76. The van der Waals surface area contributed by atoms with Crippen LogP contribution in [-0.2, 0) is 0 Å². The Morgan fingerprint density at radius 1 is 1.45 bits per heavy atom. The summed E-state index contributed by atoms with van der Waals surface area (Å²) < 4.78 is 13.1. The summed E-state index contributed by atoms with van der Waals surface area (Å²) >= 11 is 5.73. The summed E-state index contributed by atoms with van der Waals surface area (Å²) in [6, 6.07) is 3.97. The minimum atomic E-state index is -0.472. The zero-order valence-electron chi connectivity index (χ0n) is 11.5. The normalized spacial score (nSPS) is 19.6. The molecule has 4 nitrogen and oxygen atoms in total. The second-order valence-corrected chi connectivity index (χ2v) is 5.56. The molecule has 0 bridgehead atoms. The van der Waals surface area contributed by atoms with Crippen molar-refractivity contribution >= 4 is 23.3 Å². The van der Waals surface area contributed by atoms with E-state index in [2.05, 4.69) is 22.6 Å². The van der Waals surface area contributed by atoms with Gasteiger partial charge in [-0.05, 0) is 44.6 Å². The van der Waals surface area contributed by atoms with Crippen LogP contribution >= 0.6 is 11.6 Å². The van der Waals surface area contributed by atoms with Crippen LogP contribution in [0.2, 0.25) is 5.02 Å². The van der Waals surface area contributed by atoms with Gasteiger partial charge in [-0.15, -0.1) is 0 Å². The van der Waals surface area contributed by atoms with Gasteiger partial charge in [0.1, 0.15) is 5.82 Å². The second-order valence-electron chi connectivity index (χ2n) is 5.12. The Bertz CT molecular complexity index is 463. The monoisotopic (exact) mass is 299 g/mol. The van der Waals surface area contributed by atoms with Gasteiger partial charge >= 0.3 is 6.03 Å². The van der Waals surface area contributed by atoms with E-state index in [4.69, 9.17) is 11.6 Å². The molecule has 1 heterocycles. The molecule has 0 unspecified atom stereocenters. The lowest BCUT2D eigenvalue weighted by Gasteiger charge is -2.32. The predicted octanol–water partition coefficient (Wildman–Crippen LogP) is 3.08. The number of urea groups is 1. The zero-order valence-corrected chi connectivity index (χ0v) is 12.2. The lowest BCUT2D eigenvalue weighted by Crippen LogP contribution is -2.45. The molecule has 0 aliphatic carbocycles. The van der Waals surface area contributed by atoms with Crippen LogP contribution in [0.15, 0.2) is 18.2 Å². The maximum absolute atomic E-state index is 13.1. The van der Waals surface area contributed by atoms with Crippen LogP contribution in [0, 0.1) is 5.82 Å². The van der Waals surface area contributed by atoms with Gasteiger partial charge in [0.25, 0.3) is 0 Å². The lowest BCUT2D eigenvalue weighted by molar-refractivity contribution is 0.182. The molecule has 1 aromatic rings. The molecule has 6 heteroatoms. The highest BCUT2D eigenvalue weighted by molar-refractivity contribution is 6.30. The van der Waals surface area contributed by atoms with Gasteiger partial charge in [-0.25, -0.2) is 9.18 Å². The Hall–Kier alpha value is -1.33. The number of nitrogens with zero attached hydrogens (tertiary/aromatic N) is 1. The van der Waals surface area contributed by atoms with E-state index in [9.17, 15) is 9.18 Å². The lowest BCUT2D eigenvalue weighted by atomic mass is 10.0. The molecule has 0 aromatic heterocycles. The number of likely N-dealkylation sites (tertiary alicyclic amines) is 1. The van der Waals surface area contributed by atoms with Crippen molar-refractivity contribution in [2.45, 2.75) is 25.3 Å². The highest BCUT2D eigenvalue weighted by atomic mass is 35.5. The van der Waals surface area contributed by atoms with E-state index in [0.29, 0.717) is 18.3 Å². The van der Waals surface area contributed by atoms with E-state index in [0.717, 1.165) is 13.0 Å². The first kappa shape index (κ1) is 15.1. The fraction of sp³-hybridized carbons (Fsp3) is 0.500. The van der Waals surface area contributed by atoms with Crippen molar-refractivity contribution in [2.75, 3.05) is 25.5 Å².